The van der Waals surface area contributed by atoms with Gasteiger partial charge in [0.05, 0.1) is 24.0 Å². The van der Waals surface area contributed by atoms with Crippen molar-refractivity contribution in [2.24, 2.45) is 11.7 Å². The largest absolute Gasteiger partial charge is 0.463 e. The highest BCUT2D eigenvalue weighted by molar-refractivity contribution is 5.92. The number of rotatable bonds is 5. The maximum absolute atomic E-state index is 12.6. The summed E-state index contributed by atoms with van der Waals surface area (Å²) in [6, 6.07) is 8.86. The predicted octanol–water partition coefficient (Wildman–Crippen LogP) is 3.82. The van der Waals surface area contributed by atoms with Crippen LogP contribution in [0.25, 0.3) is 0 Å². The summed E-state index contributed by atoms with van der Waals surface area (Å²) < 4.78 is 16.2. The minimum Gasteiger partial charge on any atom is -0.463 e. The normalized spacial score (nSPS) is 19.7. The molecule has 1 aliphatic heterocycles. The van der Waals surface area contributed by atoms with Crippen molar-refractivity contribution in [1.29, 1.82) is 5.26 Å². The Kier molecular flexibility index (Phi) is 6.78. The molecule has 0 radical (unpaired) electrons. The van der Waals surface area contributed by atoms with Gasteiger partial charge < -0.3 is 19.9 Å². The lowest BCUT2D eigenvalue weighted by molar-refractivity contribution is -0.140. The molecule has 0 bridgehead atoms. The smallest absolute Gasteiger partial charge is 0.338 e. The van der Waals surface area contributed by atoms with E-state index in [2.05, 4.69) is 0 Å². The molecule has 1 aromatic rings. The molecule has 2 aliphatic rings. The van der Waals surface area contributed by atoms with E-state index in [1.165, 1.54) is 0 Å². The van der Waals surface area contributed by atoms with Crippen molar-refractivity contribution in [3.05, 3.63) is 52.6 Å². The van der Waals surface area contributed by atoms with Gasteiger partial charge in [-0.1, -0.05) is 31.4 Å². The molecule has 1 aromatic carbocycles. The molecule has 1 unspecified atom stereocenters. The van der Waals surface area contributed by atoms with E-state index in [0.717, 1.165) is 32.1 Å². The number of allylic oxidation sites excluding steroid dienone is 2. The first-order valence-electron chi connectivity index (χ1n) is 10.2. The molecule has 7 heteroatoms. The minimum absolute atomic E-state index is 0.0577. The summed E-state index contributed by atoms with van der Waals surface area (Å²) in [7, 11) is 0. The summed E-state index contributed by atoms with van der Waals surface area (Å²) in [4.78, 5) is 25.1. The Morgan fingerprint density at radius 3 is 2.67 bits per heavy atom. The molecule has 1 heterocycles. The van der Waals surface area contributed by atoms with E-state index < -0.39 is 11.9 Å². The molecule has 3 rings (SSSR count). The zero-order valence-corrected chi connectivity index (χ0v) is 17.3. The van der Waals surface area contributed by atoms with Gasteiger partial charge >= 0.3 is 11.9 Å². The lowest BCUT2D eigenvalue weighted by Crippen LogP contribution is -2.26. The summed E-state index contributed by atoms with van der Waals surface area (Å²) >= 11 is 0. The van der Waals surface area contributed by atoms with E-state index >= 15 is 0 Å². The fraction of sp³-hybridized carbons (Fsp3) is 0.435. The zero-order valence-electron chi connectivity index (χ0n) is 17.3. The Balaban J connectivity index is 1.94. The third-order valence-corrected chi connectivity index (χ3v) is 5.45. The Morgan fingerprint density at radius 2 is 2.00 bits per heavy atom. The van der Waals surface area contributed by atoms with Crippen LogP contribution in [0.3, 0.4) is 0 Å². The highest BCUT2D eigenvalue weighted by atomic mass is 16.5. The number of hydrogen-bond acceptors (Lipinski definition) is 7. The second-order valence-corrected chi connectivity index (χ2v) is 7.44. The third-order valence-electron chi connectivity index (χ3n) is 5.45. The molecule has 0 spiro atoms. The van der Waals surface area contributed by atoms with E-state index in [1.807, 2.05) is 6.07 Å². The van der Waals surface area contributed by atoms with Crippen LogP contribution in [-0.2, 0) is 19.1 Å². The Hall–Kier alpha value is -3.27. The van der Waals surface area contributed by atoms with Gasteiger partial charge in [-0.15, -0.1) is 0 Å². The summed E-state index contributed by atoms with van der Waals surface area (Å²) in [6.45, 7) is 3.49. The van der Waals surface area contributed by atoms with Gasteiger partial charge in [0.1, 0.15) is 23.2 Å². The molecule has 1 saturated carbocycles. The van der Waals surface area contributed by atoms with Crippen LogP contribution in [0.1, 0.15) is 57.4 Å². The number of nitriles is 1. The molecule has 0 aromatic heterocycles. The van der Waals surface area contributed by atoms with E-state index in [4.69, 9.17) is 19.9 Å². The lowest BCUT2D eigenvalue weighted by Gasteiger charge is -2.27. The first-order chi connectivity index (χ1) is 14.5. The predicted molar refractivity (Wildman–Crippen MR) is 109 cm³/mol. The lowest BCUT2D eigenvalue weighted by atomic mass is 9.83. The summed E-state index contributed by atoms with van der Waals surface area (Å²) in [5.41, 5.74) is 6.83. The van der Waals surface area contributed by atoms with Crippen molar-refractivity contribution >= 4 is 11.9 Å². The van der Waals surface area contributed by atoms with Crippen molar-refractivity contribution in [3.63, 3.8) is 0 Å². The van der Waals surface area contributed by atoms with Crippen LogP contribution in [0, 0.1) is 17.2 Å². The molecule has 1 fully saturated rings. The number of carbonyl (C=O) groups excluding carboxylic acids is 2. The van der Waals surface area contributed by atoms with Crippen LogP contribution < -0.4 is 10.5 Å². The third kappa shape index (κ3) is 4.48. The molecule has 158 valence electrons. The summed E-state index contributed by atoms with van der Waals surface area (Å²) in [6.07, 6.45) is 4.89. The molecular formula is C23H26N2O5. The average Bonchev–Trinajstić information content (AvgIpc) is 2.74. The maximum atomic E-state index is 12.6. The van der Waals surface area contributed by atoms with Crippen LogP contribution in [0.2, 0.25) is 0 Å². The van der Waals surface area contributed by atoms with Gasteiger partial charge in [0.2, 0.25) is 5.88 Å². The molecule has 0 saturated heterocycles. The van der Waals surface area contributed by atoms with E-state index in [-0.39, 0.29) is 41.3 Å². The number of carbonyl (C=O) groups is 2. The first kappa shape index (κ1) is 21.4. The monoisotopic (exact) mass is 410 g/mol. The second-order valence-electron chi connectivity index (χ2n) is 7.44. The van der Waals surface area contributed by atoms with Gasteiger partial charge in [-0.3, -0.25) is 4.79 Å². The van der Waals surface area contributed by atoms with Crippen molar-refractivity contribution in [2.75, 3.05) is 6.61 Å². The van der Waals surface area contributed by atoms with Gasteiger partial charge in [0.25, 0.3) is 0 Å². The number of ether oxygens (including phenoxy) is 3. The van der Waals surface area contributed by atoms with Crippen LogP contribution in [0.15, 0.2) is 47.1 Å². The molecule has 7 nitrogen and oxygen atoms in total. The van der Waals surface area contributed by atoms with Gasteiger partial charge in [0, 0.05) is 0 Å². The molecule has 30 heavy (non-hydrogen) atoms. The van der Waals surface area contributed by atoms with Crippen LogP contribution in [0.5, 0.6) is 5.75 Å². The fourth-order valence-electron chi connectivity index (χ4n) is 3.98. The fourth-order valence-corrected chi connectivity index (χ4v) is 3.98. The Labute approximate surface area is 176 Å². The molecule has 1 atom stereocenters. The van der Waals surface area contributed by atoms with Gasteiger partial charge in [-0.2, -0.15) is 5.26 Å². The van der Waals surface area contributed by atoms with Crippen molar-refractivity contribution in [1.82, 2.24) is 0 Å². The highest BCUT2D eigenvalue weighted by Gasteiger charge is 2.36. The number of nitrogens with zero attached hydrogens (tertiary/aromatic N) is 1. The van der Waals surface area contributed by atoms with Gasteiger partial charge in [-0.05, 0) is 44.4 Å². The van der Waals surface area contributed by atoms with E-state index in [1.54, 1.807) is 38.1 Å². The molecule has 2 N–H and O–H groups in total. The standard InChI is InChI=1S/C23H26N2O5/c1-3-28-23(27)19-14(2)29-21(25)18(13-24)20(19)16-10-7-11-17(12-16)30-22(26)15-8-5-4-6-9-15/h7,10-12,15,20H,3-6,8-9,25H2,1-2H3. The van der Waals surface area contributed by atoms with Crippen molar-refractivity contribution in [2.45, 2.75) is 51.9 Å². The second kappa shape index (κ2) is 9.49. The van der Waals surface area contributed by atoms with Crippen LogP contribution in [0.4, 0.5) is 0 Å². The minimum atomic E-state index is -0.767. The zero-order chi connectivity index (χ0) is 21.7. The van der Waals surface area contributed by atoms with E-state index in [9.17, 15) is 14.9 Å². The van der Waals surface area contributed by atoms with Gasteiger partial charge in [-0.25, -0.2) is 4.79 Å². The highest BCUT2D eigenvalue weighted by Crippen LogP contribution is 2.40. The first-order valence-corrected chi connectivity index (χ1v) is 10.2. The van der Waals surface area contributed by atoms with Crippen molar-refractivity contribution in [3.8, 4) is 11.8 Å². The SMILES string of the molecule is CCOC(=O)C1=C(C)OC(N)=C(C#N)C1c1cccc(OC(=O)C2CCCCC2)c1. The average molecular weight is 410 g/mol. The molecule has 0 amide bonds. The molecular weight excluding hydrogens is 384 g/mol. The summed E-state index contributed by atoms with van der Waals surface area (Å²) in [5.74, 6) is -1.09. The van der Waals surface area contributed by atoms with Crippen LogP contribution >= 0.6 is 0 Å². The molecule has 1 aliphatic carbocycles. The number of benzene rings is 1. The Bertz CT molecular complexity index is 935. The quantitative estimate of drug-likeness (QED) is 0.580. The number of hydrogen-bond donors (Lipinski definition) is 1. The number of esters is 2. The van der Waals surface area contributed by atoms with Crippen molar-refractivity contribution < 1.29 is 23.8 Å². The number of nitrogens with two attached hydrogens (primary N) is 1. The maximum Gasteiger partial charge on any atom is 0.338 e. The topological polar surface area (TPSA) is 112 Å². The van der Waals surface area contributed by atoms with E-state index in [0.29, 0.717) is 11.3 Å². The summed E-state index contributed by atoms with van der Waals surface area (Å²) in [5, 5.41) is 9.67. The Morgan fingerprint density at radius 1 is 1.27 bits per heavy atom. The van der Waals surface area contributed by atoms with Crippen LogP contribution in [-0.4, -0.2) is 18.5 Å². The van der Waals surface area contributed by atoms with Gasteiger partial charge in [0.15, 0.2) is 0 Å².